The summed E-state index contributed by atoms with van der Waals surface area (Å²) in [7, 11) is 0. The molecule has 4 rings (SSSR count). The number of benzene rings is 1. The normalized spacial score (nSPS) is 20.6. The Hall–Kier alpha value is -2.64. The standard InChI is InChI=1S/C24H25BrFN3O6S/c1-2-35-24(33)19-17(10-29-6-7-34-12-18(29)23(31)32)27-22(21-13(11-30)5-8-36-21)28-20(19)15-4-3-14(26)9-16(15)25/h3-5,8-9,18,20,30H,2,6-7,10-12H2,1H3,(H,27,28)(H,31,32)/t18-,20?/m0/s1. The number of aliphatic hydroxyl groups is 1. The maximum Gasteiger partial charge on any atom is 0.338 e. The molecular weight excluding hydrogens is 557 g/mol. The monoisotopic (exact) mass is 581 g/mol. The van der Waals surface area contributed by atoms with Crippen LogP contribution in [0.25, 0.3) is 0 Å². The maximum absolute atomic E-state index is 13.9. The Morgan fingerprint density at radius 3 is 2.89 bits per heavy atom. The Balaban J connectivity index is 1.86. The van der Waals surface area contributed by atoms with Crippen molar-refractivity contribution in [2.75, 3.05) is 32.9 Å². The van der Waals surface area contributed by atoms with Crippen molar-refractivity contribution in [1.29, 1.82) is 0 Å². The SMILES string of the molecule is CCOC(=O)C1=C(CN2CCOC[C@H]2C(=O)O)NC(c2sccc2CO)=NC1c1ccc(F)cc1Br. The van der Waals surface area contributed by atoms with Gasteiger partial charge in [-0.2, -0.15) is 0 Å². The average molecular weight is 582 g/mol. The molecule has 2 aliphatic rings. The number of nitrogens with zero attached hydrogens (tertiary/aromatic N) is 2. The number of carbonyl (C=O) groups excluding carboxylic acids is 1. The minimum absolute atomic E-state index is 0.0187. The van der Waals surface area contributed by atoms with Gasteiger partial charge in [0.15, 0.2) is 0 Å². The molecule has 0 bridgehead atoms. The van der Waals surface area contributed by atoms with Crippen LogP contribution in [-0.2, 0) is 25.7 Å². The summed E-state index contributed by atoms with van der Waals surface area (Å²) in [5.74, 6) is -1.68. The van der Waals surface area contributed by atoms with Crippen molar-refractivity contribution < 1.29 is 33.7 Å². The van der Waals surface area contributed by atoms with E-state index in [1.54, 1.807) is 24.0 Å². The number of carboxylic acids is 1. The quantitative estimate of drug-likeness (QED) is 0.407. The first-order valence-corrected chi connectivity index (χ1v) is 12.9. The second-order valence-electron chi connectivity index (χ2n) is 8.12. The van der Waals surface area contributed by atoms with E-state index in [9.17, 15) is 24.2 Å². The highest BCUT2D eigenvalue weighted by Gasteiger charge is 2.37. The lowest BCUT2D eigenvalue weighted by atomic mass is 9.94. The number of thiophene rings is 1. The Kier molecular flexibility index (Phi) is 8.52. The summed E-state index contributed by atoms with van der Waals surface area (Å²) in [4.78, 5) is 32.4. The van der Waals surface area contributed by atoms with Gasteiger partial charge in [0.25, 0.3) is 0 Å². The van der Waals surface area contributed by atoms with Gasteiger partial charge in [-0.05, 0) is 41.6 Å². The van der Waals surface area contributed by atoms with Gasteiger partial charge >= 0.3 is 11.9 Å². The highest BCUT2D eigenvalue weighted by Crippen LogP contribution is 2.37. The number of esters is 1. The van der Waals surface area contributed by atoms with E-state index in [1.807, 2.05) is 5.38 Å². The van der Waals surface area contributed by atoms with Gasteiger partial charge in [-0.1, -0.05) is 22.0 Å². The largest absolute Gasteiger partial charge is 0.480 e. The molecule has 12 heteroatoms. The second kappa shape index (κ2) is 11.6. The van der Waals surface area contributed by atoms with Gasteiger partial charge in [0, 0.05) is 23.3 Å². The summed E-state index contributed by atoms with van der Waals surface area (Å²) in [6.07, 6.45) is 0. The molecule has 1 saturated heterocycles. The highest BCUT2D eigenvalue weighted by molar-refractivity contribution is 9.10. The van der Waals surface area contributed by atoms with Crippen LogP contribution in [0.15, 0.2) is 50.4 Å². The zero-order valence-electron chi connectivity index (χ0n) is 19.4. The molecule has 1 aromatic heterocycles. The van der Waals surface area contributed by atoms with Crippen molar-refractivity contribution in [3.8, 4) is 0 Å². The summed E-state index contributed by atoms with van der Waals surface area (Å²) in [5, 5.41) is 24.6. The lowest BCUT2D eigenvalue weighted by Crippen LogP contribution is -2.52. The molecule has 3 N–H and O–H groups in total. The second-order valence-corrected chi connectivity index (χ2v) is 9.89. The van der Waals surface area contributed by atoms with Gasteiger partial charge in [-0.25, -0.2) is 9.18 Å². The first-order valence-electron chi connectivity index (χ1n) is 11.3. The number of ether oxygens (including phenoxy) is 2. The predicted molar refractivity (Wildman–Crippen MR) is 134 cm³/mol. The maximum atomic E-state index is 13.9. The van der Waals surface area contributed by atoms with E-state index >= 15 is 0 Å². The molecule has 192 valence electrons. The number of carboxylic acid groups (broad SMARTS) is 1. The first kappa shape index (κ1) is 26.4. The van der Waals surface area contributed by atoms with Crippen molar-refractivity contribution in [2.24, 2.45) is 4.99 Å². The highest BCUT2D eigenvalue weighted by atomic mass is 79.9. The average Bonchev–Trinajstić information content (AvgIpc) is 3.33. The van der Waals surface area contributed by atoms with Crippen LogP contribution in [0.4, 0.5) is 4.39 Å². The number of morpholine rings is 1. The third-order valence-electron chi connectivity index (χ3n) is 5.90. The molecular formula is C24H25BrFN3O6S. The topological polar surface area (TPSA) is 121 Å². The van der Waals surface area contributed by atoms with Gasteiger partial charge in [0.2, 0.25) is 0 Å². The molecule has 2 atom stereocenters. The van der Waals surface area contributed by atoms with E-state index in [4.69, 9.17) is 14.5 Å². The summed E-state index contributed by atoms with van der Waals surface area (Å²) >= 11 is 4.76. The van der Waals surface area contributed by atoms with Crippen LogP contribution in [0.2, 0.25) is 0 Å². The molecule has 3 heterocycles. The van der Waals surface area contributed by atoms with Crippen molar-refractivity contribution >= 4 is 45.0 Å². The predicted octanol–water partition coefficient (Wildman–Crippen LogP) is 2.84. The van der Waals surface area contributed by atoms with Crippen LogP contribution in [0.3, 0.4) is 0 Å². The number of aliphatic carboxylic acids is 1. The molecule has 1 fully saturated rings. The smallest absolute Gasteiger partial charge is 0.338 e. The van der Waals surface area contributed by atoms with Crippen LogP contribution in [0.5, 0.6) is 0 Å². The van der Waals surface area contributed by atoms with E-state index in [1.165, 1.54) is 23.5 Å². The Labute approximate surface area is 219 Å². The van der Waals surface area contributed by atoms with E-state index in [2.05, 4.69) is 21.2 Å². The fourth-order valence-corrected chi connectivity index (χ4v) is 5.59. The molecule has 9 nitrogen and oxygen atoms in total. The minimum atomic E-state index is -1.03. The number of rotatable bonds is 8. The number of aliphatic imine (C=N–C) groups is 1. The minimum Gasteiger partial charge on any atom is -0.480 e. The molecule has 2 aromatic rings. The molecule has 0 amide bonds. The van der Waals surface area contributed by atoms with Crippen LogP contribution in [-0.4, -0.2) is 71.8 Å². The van der Waals surface area contributed by atoms with Gasteiger partial charge < -0.3 is 25.0 Å². The molecule has 0 saturated carbocycles. The molecule has 0 aliphatic carbocycles. The summed E-state index contributed by atoms with van der Waals surface area (Å²) in [5.41, 5.74) is 1.81. The third-order valence-corrected chi connectivity index (χ3v) is 7.55. The first-order chi connectivity index (χ1) is 17.3. The molecule has 0 radical (unpaired) electrons. The fraction of sp³-hybridized carbons (Fsp3) is 0.375. The number of halogens is 2. The molecule has 1 unspecified atom stereocenters. The van der Waals surface area contributed by atoms with E-state index in [-0.39, 0.29) is 31.9 Å². The number of carbonyl (C=O) groups is 2. The molecule has 1 aromatic carbocycles. The summed E-state index contributed by atoms with van der Waals surface area (Å²) in [6.45, 7) is 2.40. The van der Waals surface area contributed by atoms with Gasteiger partial charge in [0.05, 0.1) is 36.9 Å². The fourth-order valence-electron chi connectivity index (χ4n) is 4.16. The van der Waals surface area contributed by atoms with Crippen molar-refractivity contribution in [3.05, 3.63) is 67.2 Å². The van der Waals surface area contributed by atoms with E-state index < -0.39 is 29.8 Å². The summed E-state index contributed by atoms with van der Waals surface area (Å²) < 4.78 is 25.1. The van der Waals surface area contributed by atoms with Crippen LogP contribution >= 0.6 is 27.3 Å². The number of amidine groups is 1. The third kappa shape index (κ3) is 5.52. The van der Waals surface area contributed by atoms with E-state index in [0.717, 1.165) is 0 Å². The zero-order chi connectivity index (χ0) is 25.8. The molecule has 36 heavy (non-hydrogen) atoms. The van der Waals surface area contributed by atoms with Crippen LogP contribution in [0, 0.1) is 5.82 Å². The van der Waals surface area contributed by atoms with E-state index in [0.29, 0.717) is 45.2 Å². The molecule has 0 spiro atoms. The lowest BCUT2D eigenvalue weighted by Gasteiger charge is -2.36. The molecule has 2 aliphatic heterocycles. The van der Waals surface area contributed by atoms with Crippen LogP contribution < -0.4 is 5.32 Å². The lowest BCUT2D eigenvalue weighted by molar-refractivity contribution is -0.149. The Bertz CT molecular complexity index is 1220. The summed E-state index contributed by atoms with van der Waals surface area (Å²) in [6, 6.07) is 4.13. The van der Waals surface area contributed by atoms with Crippen molar-refractivity contribution in [2.45, 2.75) is 25.6 Å². The number of hydrogen-bond donors (Lipinski definition) is 3. The number of nitrogens with one attached hydrogen (secondary N) is 1. The van der Waals surface area contributed by atoms with Crippen molar-refractivity contribution in [1.82, 2.24) is 10.2 Å². The Morgan fingerprint density at radius 2 is 2.19 bits per heavy atom. The van der Waals surface area contributed by atoms with Gasteiger partial charge in [-0.3, -0.25) is 14.7 Å². The van der Waals surface area contributed by atoms with Crippen molar-refractivity contribution in [3.63, 3.8) is 0 Å². The Morgan fingerprint density at radius 1 is 1.39 bits per heavy atom. The number of hydrogen-bond acceptors (Lipinski definition) is 9. The van der Waals surface area contributed by atoms with Gasteiger partial charge in [-0.15, -0.1) is 11.3 Å². The number of aliphatic hydroxyl groups excluding tert-OH is 1. The van der Waals surface area contributed by atoms with Gasteiger partial charge in [0.1, 0.15) is 23.7 Å². The van der Waals surface area contributed by atoms with Crippen LogP contribution in [0.1, 0.15) is 29.0 Å². The zero-order valence-corrected chi connectivity index (χ0v) is 21.8.